The van der Waals surface area contributed by atoms with Crippen molar-refractivity contribution < 1.29 is 19.8 Å². The summed E-state index contributed by atoms with van der Waals surface area (Å²) in [5.74, 6) is -1.37. The lowest BCUT2D eigenvalue weighted by Crippen LogP contribution is -2.30. The van der Waals surface area contributed by atoms with Gasteiger partial charge in [-0.1, -0.05) is 0 Å². The summed E-state index contributed by atoms with van der Waals surface area (Å²) in [6, 6.07) is -0.689. The number of aliphatic carboxylic acids is 1. The minimum atomic E-state index is -1.12. The molecule has 74 valence electrons. The first-order valence-corrected chi connectivity index (χ1v) is 4.22. The third kappa shape index (κ3) is 1.31. The summed E-state index contributed by atoms with van der Waals surface area (Å²) in [4.78, 5) is 21.7. The zero-order chi connectivity index (χ0) is 10.3. The molecule has 0 radical (unpaired) electrons. The molecule has 2 rings (SSSR count). The molecule has 1 aliphatic heterocycles. The van der Waals surface area contributed by atoms with Gasteiger partial charge in [-0.15, -0.1) is 0 Å². The van der Waals surface area contributed by atoms with Gasteiger partial charge in [-0.3, -0.25) is 4.79 Å². The van der Waals surface area contributed by atoms with Crippen LogP contribution in [-0.2, 0) is 9.59 Å². The molecule has 1 heterocycles. The summed E-state index contributed by atoms with van der Waals surface area (Å²) in [6.45, 7) is 0. The van der Waals surface area contributed by atoms with Gasteiger partial charge < -0.3 is 15.5 Å². The van der Waals surface area contributed by atoms with E-state index in [1.54, 1.807) is 0 Å². The van der Waals surface area contributed by atoms with E-state index in [2.05, 4.69) is 5.32 Å². The molecule has 1 aliphatic carbocycles. The van der Waals surface area contributed by atoms with Crippen molar-refractivity contribution >= 4 is 11.8 Å². The van der Waals surface area contributed by atoms with Crippen molar-refractivity contribution in [3.05, 3.63) is 23.4 Å². The predicted octanol–water partition coefficient (Wildman–Crippen LogP) is -0.813. The first-order valence-electron chi connectivity index (χ1n) is 4.22. The van der Waals surface area contributed by atoms with Crippen molar-refractivity contribution in [2.45, 2.75) is 18.6 Å². The van der Waals surface area contributed by atoms with Gasteiger partial charge >= 0.3 is 5.97 Å². The summed E-state index contributed by atoms with van der Waals surface area (Å²) in [7, 11) is 0. The van der Waals surface area contributed by atoms with Crippen LogP contribution < -0.4 is 5.32 Å². The van der Waals surface area contributed by atoms with Gasteiger partial charge in [0.15, 0.2) is 5.78 Å². The molecule has 3 N–H and O–H groups in total. The summed E-state index contributed by atoms with van der Waals surface area (Å²) in [6.07, 6.45) is 1.84. The fourth-order valence-electron chi connectivity index (χ4n) is 1.60. The molecular weight excluding hydrogens is 186 g/mol. The van der Waals surface area contributed by atoms with Crippen molar-refractivity contribution in [3.8, 4) is 0 Å². The highest BCUT2D eigenvalue weighted by atomic mass is 16.4. The fraction of sp³-hybridized carbons (Fsp3) is 0.333. The van der Waals surface area contributed by atoms with Crippen LogP contribution in [-0.4, -0.2) is 34.1 Å². The maximum absolute atomic E-state index is 11.1. The zero-order valence-electron chi connectivity index (χ0n) is 7.23. The maximum atomic E-state index is 11.1. The number of carbonyl (C=O) groups is 2. The van der Waals surface area contributed by atoms with Crippen molar-refractivity contribution in [1.29, 1.82) is 0 Å². The van der Waals surface area contributed by atoms with Gasteiger partial charge in [0.25, 0.3) is 0 Å². The summed E-state index contributed by atoms with van der Waals surface area (Å²) >= 11 is 0. The Bertz CT molecular complexity index is 369. The molecule has 0 bridgehead atoms. The number of aliphatic hydroxyl groups excluding tert-OH is 1. The Morgan fingerprint density at radius 3 is 2.93 bits per heavy atom. The molecule has 0 aromatic rings. The number of hydrogen-bond donors (Lipinski definition) is 3. The minimum absolute atomic E-state index is 0.311. The Morgan fingerprint density at radius 2 is 2.29 bits per heavy atom. The van der Waals surface area contributed by atoms with Gasteiger partial charge in [0, 0.05) is 18.2 Å². The molecule has 1 fully saturated rings. The van der Waals surface area contributed by atoms with Crippen LogP contribution in [0.25, 0.3) is 0 Å². The van der Waals surface area contributed by atoms with Crippen LogP contribution in [0.5, 0.6) is 0 Å². The van der Waals surface area contributed by atoms with Crippen molar-refractivity contribution in [2.24, 2.45) is 0 Å². The number of hydrogen-bond acceptors (Lipinski definition) is 4. The minimum Gasteiger partial charge on any atom is -0.480 e. The number of carbonyl (C=O) groups excluding carboxylic acids is 1. The van der Waals surface area contributed by atoms with E-state index in [1.165, 1.54) is 12.2 Å². The zero-order valence-corrected chi connectivity index (χ0v) is 7.23. The number of allylic oxidation sites excluding steroid dienone is 1. The normalized spacial score (nSPS) is 30.2. The number of ketones is 1. The summed E-state index contributed by atoms with van der Waals surface area (Å²) < 4.78 is 0. The first-order chi connectivity index (χ1) is 6.58. The Morgan fingerprint density at radius 1 is 1.57 bits per heavy atom. The highest BCUT2D eigenvalue weighted by Crippen LogP contribution is 2.26. The monoisotopic (exact) mass is 195 g/mol. The van der Waals surface area contributed by atoms with E-state index in [9.17, 15) is 14.7 Å². The Labute approximate surface area is 79.7 Å². The standard InChI is InChI=1S/C9H9NO4/c11-7-2-4-1-6(9(13)14)10-5(4)3-8(7)12/h2-3,6-7,10-11H,1H2,(H,13,14). The van der Waals surface area contributed by atoms with Crippen molar-refractivity contribution in [3.63, 3.8) is 0 Å². The first kappa shape index (κ1) is 8.96. The number of carboxylic acid groups (broad SMARTS) is 1. The van der Waals surface area contributed by atoms with E-state index in [1.807, 2.05) is 0 Å². The second kappa shape index (κ2) is 2.95. The molecular formula is C9H9NO4. The molecule has 2 aliphatic rings. The van der Waals surface area contributed by atoms with Crippen LogP contribution in [0.4, 0.5) is 0 Å². The van der Waals surface area contributed by atoms with Gasteiger partial charge in [0.05, 0.1) is 0 Å². The molecule has 5 heteroatoms. The third-order valence-corrected chi connectivity index (χ3v) is 2.33. The lowest BCUT2D eigenvalue weighted by Gasteiger charge is -2.10. The third-order valence-electron chi connectivity index (χ3n) is 2.33. The molecule has 0 saturated carbocycles. The number of carboxylic acids is 1. The summed E-state index contributed by atoms with van der Waals surface area (Å²) in [5.41, 5.74) is 1.22. The molecule has 14 heavy (non-hydrogen) atoms. The number of rotatable bonds is 1. The molecule has 2 unspecified atom stereocenters. The van der Waals surface area contributed by atoms with Crippen LogP contribution in [0, 0.1) is 0 Å². The summed E-state index contributed by atoms with van der Waals surface area (Å²) in [5, 5.41) is 20.6. The lowest BCUT2D eigenvalue weighted by molar-refractivity contribution is -0.138. The molecule has 1 saturated heterocycles. The Hall–Kier alpha value is -1.62. The topological polar surface area (TPSA) is 86.6 Å². The highest BCUT2D eigenvalue weighted by Gasteiger charge is 2.32. The lowest BCUT2D eigenvalue weighted by atomic mass is 10.00. The number of fused-ring (bicyclic) bond motifs is 1. The van der Waals surface area contributed by atoms with Gasteiger partial charge in [-0.25, -0.2) is 4.79 Å². The average Bonchev–Trinajstić information content (AvgIpc) is 2.48. The number of nitrogens with one attached hydrogen (secondary N) is 1. The molecule has 5 nitrogen and oxygen atoms in total. The Kier molecular flexibility index (Phi) is 1.89. The van der Waals surface area contributed by atoms with Crippen LogP contribution in [0.3, 0.4) is 0 Å². The molecule has 0 amide bonds. The van der Waals surface area contributed by atoms with Crippen LogP contribution in [0.15, 0.2) is 23.4 Å². The second-order valence-corrected chi connectivity index (χ2v) is 3.34. The van der Waals surface area contributed by atoms with E-state index in [0.717, 1.165) is 0 Å². The van der Waals surface area contributed by atoms with Crippen molar-refractivity contribution in [1.82, 2.24) is 5.32 Å². The molecule has 0 aromatic carbocycles. The molecule has 0 aromatic heterocycles. The smallest absolute Gasteiger partial charge is 0.326 e. The van der Waals surface area contributed by atoms with E-state index in [-0.39, 0.29) is 0 Å². The van der Waals surface area contributed by atoms with Gasteiger partial charge in [-0.05, 0) is 11.6 Å². The highest BCUT2D eigenvalue weighted by molar-refractivity contribution is 5.98. The van der Waals surface area contributed by atoms with Crippen molar-refractivity contribution in [2.75, 3.05) is 0 Å². The fourth-order valence-corrected chi connectivity index (χ4v) is 1.60. The van der Waals surface area contributed by atoms with E-state index in [0.29, 0.717) is 17.7 Å². The van der Waals surface area contributed by atoms with Gasteiger partial charge in [-0.2, -0.15) is 0 Å². The molecule has 2 atom stereocenters. The second-order valence-electron chi connectivity index (χ2n) is 3.34. The quantitative estimate of drug-likeness (QED) is 0.509. The predicted molar refractivity (Wildman–Crippen MR) is 46.4 cm³/mol. The van der Waals surface area contributed by atoms with Crippen LogP contribution in [0.1, 0.15) is 6.42 Å². The van der Waals surface area contributed by atoms with Crippen LogP contribution >= 0.6 is 0 Å². The van der Waals surface area contributed by atoms with Gasteiger partial charge in [0.1, 0.15) is 12.1 Å². The van der Waals surface area contributed by atoms with E-state index in [4.69, 9.17) is 5.11 Å². The van der Waals surface area contributed by atoms with Gasteiger partial charge in [0.2, 0.25) is 0 Å². The van der Waals surface area contributed by atoms with E-state index < -0.39 is 23.9 Å². The molecule has 0 spiro atoms. The largest absolute Gasteiger partial charge is 0.480 e. The van der Waals surface area contributed by atoms with E-state index >= 15 is 0 Å². The SMILES string of the molecule is O=C1C=C2NC(C(=O)O)CC2=CC1O. The maximum Gasteiger partial charge on any atom is 0.326 e. The van der Waals surface area contributed by atoms with Crippen LogP contribution in [0.2, 0.25) is 0 Å². The average molecular weight is 195 g/mol. The number of aliphatic hydroxyl groups is 1. The Balaban J connectivity index is 2.27.